The SMILES string of the molecule is CCSc1nnc(NC(=O)[C@H]2CC2(Cl)Cl)s1. The first-order valence-electron chi connectivity index (χ1n) is 4.68. The Morgan fingerprint density at radius 1 is 1.69 bits per heavy atom. The summed E-state index contributed by atoms with van der Waals surface area (Å²) in [6.07, 6.45) is 0.497. The number of alkyl halides is 2. The Balaban J connectivity index is 1.91. The summed E-state index contributed by atoms with van der Waals surface area (Å²) in [7, 11) is 0. The number of carbonyl (C=O) groups excluding carboxylic acids is 1. The molecule has 1 atom stereocenters. The number of nitrogens with one attached hydrogen (secondary N) is 1. The highest BCUT2D eigenvalue weighted by Crippen LogP contribution is 2.53. The van der Waals surface area contributed by atoms with Gasteiger partial charge >= 0.3 is 0 Å². The average Bonchev–Trinajstić information content (AvgIpc) is 2.64. The molecule has 1 fully saturated rings. The maximum atomic E-state index is 11.6. The van der Waals surface area contributed by atoms with E-state index in [1.54, 1.807) is 11.8 Å². The van der Waals surface area contributed by atoms with Gasteiger partial charge in [-0.1, -0.05) is 30.0 Å². The monoisotopic (exact) mass is 297 g/mol. The molecule has 1 aromatic rings. The van der Waals surface area contributed by atoms with Crippen LogP contribution in [0.5, 0.6) is 0 Å². The first-order valence-corrected chi connectivity index (χ1v) is 7.23. The molecule has 0 spiro atoms. The summed E-state index contributed by atoms with van der Waals surface area (Å²) in [5.74, 6) is 0.411. The van der Waals surface area contributed by atoms with Crippen molar-refractivity contribution in [1.82, 2.24) is 10.2 Å². The van der Waals surface area contributed by atoms with Crippen molar-refractivity contribution in [3.05, 3.63) is 0 Å². The molecule has 1 aliphatic rings. The molecule has 16 heavy (non-hydrogen) atoms. The molecular formula is C8H9Cl2N3OS2. The van der Waals surface area contributed by atoms with Crippen LogP contribution in [0, 0.1) is 5.92 Å². The standard InChI is InChI=1S/C8H9Cl2N3OS2/c1-2-15-7-13-12-6(16-7)11-5(14)4-3-8(4,9)10/h4H,2-3H2,1H3,(H,11,12,14)/t4-/m1/s1. The van der Waals surface area contributed by atoms with Gasteiger partial charge in [0.2, 0.25) is 11.0 Å². The van der Waals surface area contributed by atoms with E-state index >= 15 is 0 Å². The molecule has 1 aliphatic carbocycles. The minimum atomic E-state index is -0.893. The lowest BCUT2D eigenvalue weighted by atomic mass is 10.4. The zero-order chi connectivity index (χ0) is 11.8. The third-order valence-electron chi connectivity index (χ3n) is 2.05. The van der Waals surface area contributed by atoms with Gasteiger partial charge in [-0.25, -0.2) is 0 Å². The maximum absolute atomic E-state index is 11.6. The molecule has 0 aromatic carbocycles. The number of carbonyl (C=O) groups is 1. The van der Waals surface area contributed by atoms with E-state index < -0.39 is 4.33 Å². The minimum absolute atomic E-state index is 0.186. The highest BCUT2D eigenvalue weighted by molar-refractivity contribution is 8.01. The second-order valence-corrected chi connectivity index (χ2v) is 7.34. The number of aromatic nitrogens is 2. The molecular weight excluding hydrogens is 289 g/mol. The van der Waals surface area contributed by atoms with Gasteiger partial charge in [-0.05, 0) is 12.2 Å². The summed E-state index contributed by atoms with van der Waals surface area (Å²) >= 11 is 14.5. The van der Waals surface area contributed by atoms with E-state index in [4.69, 9.17) is 23.2 Å². The molecule has 1 heterocycles. The number of anilines is 1. The van der Waals surface area contributed by atoms with Crippen molar-refractivity contribution in [2.45, 2.75) is 22.0 Å². The fourth-order valence-electron chi connectivity index (χ4n) is 1.13. The molecule has 2 rings (SSSR count). The second kappa shape index (κ2) is 4.68. The van der Waals surface area contributed by atoms with Crippen LogP contribution in [0.4, 0.5) is 5.13 Å². The van der Waals surface area contributed by atoms with Gasteiger partial charge in [-0.3, -0.25) is 4.79 Å². The fourth-order valence-corrected chi connectivity index (χ4v) is 3.29. The molecule has 1 N–H and O–H groups in total. The van der Waals surface area contributed by atoms with Crippen LogP contribution < -0.4 is 5.32 Å². The Morgan fingerprint density at radius 3 is 2.94 bits per heavy atom. The molecule has 1 amide bonds. The Morgan fingerprint density at radius 2 is 2.38 bits per heavy atom. The second-order valence-electron chi connectivity index (χ2n) is 3.31. The van der Waals surface area contributed by atoms with E-state index in [9.17, 15) is 4.79 Å². The van der Waals surface area contributed by atoms with Crippen LogP contribution in [0.25, 0.3) is 0 Å². The van der Waals surface area contributed by atoms with Crippen LogP contribution in [-0.2, 0) is 4.79 Å². The van der Waals surface area contributed by atoms with Gasteiger partial charge in [-0.15, -0.1) is 33.4 Å². The predicted octanol–water partition coefficient (Wildman–Crippen LogP) is 2.78. The normalized spacial score (nSPS) is 21.8. The number of amides is 1. The third kappa shape index (κ3) is 2.80. The van der Waals surface area contributed by atoms with Gasteiger partial charge in [0.15, 0.2) is 4.34 Å². The quantitative estimate of drug-likeness (QED) is 0.527. The van der Waals surface area contributed by atoms with E-state index in [1.165, 1.54) is 11.3 Å². The van der Waals surface area contributed by atoms with Crippen LogP contribution in [0.15, 0.2) is 4.34 Å². The van der Waals surface area contributed by atoms with Gasteiger partial charge in [0.1, 0.15) is 4.33 Å². The van der Waals surface area contributed by atoms with Crippen molar-refractivity contribution in [2.24, 2.45) is 5.92 Å². The fraction of sp³-hybridized carbons (Fsp3) is 0.625. The van der Waals surface area contributed by atoms with Crippen LogP contribution in [-0.4, -0.2) is 26.2 Å². The van der Waals surface area contributed by atoms with Gasteiger partial charge in [-0.2, -0.15) is 0 Å². The lowest BCUT2D eigenvalue weighted by Crippen LogP contribution is -2.16. The third-order valence-corrected chi connectivity index (χ3v) is 4.74. The highest BCUT2D eigenvalue weighted by Gasteiger charge is 2.56. The van der Waals surface area contributed by atoms with Crippen LogP contribution in [0.3, 0.4) is 0 Å². The van der Waals surface area contributed by atoms with Gasteiger partial charge in [0.05, 0.1) is 5.92 Å². The molecule has 1 aromatic heterocycles. The molecule has 0 aliphatic heterocycles. The Labute approximate surface area is 111 Å². The first kappa shape index (κ1) is 12.4. The van der Waals surface area contributed by atoms with Crippen molar-refractivity contribution in [3.63, 3.8) is 0 Å². The number of hydrogen-bond donors (Lipinski definition) is 1. The van der Waals surface area contributed by atoms with Crippen LogP contribution >= 0.6 is 46.3 Å². The number of rotatable bonds is 4. The zero-order valence-corrected chi connectivity index (χ0v) is 11.5. The van der Waals surface area contributed by atoms with Crippen LogP contribution in [0.2, 0.25) is 0 Å². The van der Waals surface area contributed by atoms with E-state index in [-0.39, 0.29) is 11.8 Å². The molecule has 0 bridgehead atoms. The van der Waals surface area contributed by atoms with Crippen molar-refractivity contribution in [1.29, 1.82) is 0 Å². The number of hydrogen-bond acceptors (Lipinski definition) is 5. The van der Waals surface area contributed by atoms with Gasteiger partial charge < -0.3 is 5.32 Å². The molecule has 88 valence electrons. The lowest BCUT2D eigenvalue weighted by molar-refractivity contribution is -0.117. The number of halogens is 2. The minimum Gasteiger partial charge on any atom is -0.300 e. The Kier molecular flexibility index (Phi) is 3.63. The summed E-state index contributed by atoms with van der Waals surface area (Å²) in [5.41, 5.74) is 0. The van der Waals surface area contributed by atoms with Crippen molar-refractivity contribution in [3.8, 4) is 0 Å². The number of thioether (sulfide) groups is 1. The Bertz CT molecular complexity index is 410. The van der Waals surface area contributed by atoms with Gasteiger partial charge in [0.25, 0.3) is 0 Å². The van der Waals surface area contributed by atoms with Crippen molar-refractivity contribution >= 4 is 57.3 Å². The highest BCUT2D eigenvalue weighted by atomic mass is 35.5. The molecule has 8 heteroatoms. The van der Waals surface area contributed by atoms with Crippen LogP contribution in [0.1, 0.15) is 13.3 Å². The van der Waals surface area contributed by atoms with Crippen molar-refractivity contribution < 1.29 is 4.79 Å². The average molecular weight is 298 g/mol. The molecule has 1 saturated carbocycles. The summed E-state index contributed by atoms with van der Waals surface area (Å²) in [6, 6.07) is 0. The van der Waals surface area contributed by atoms with E-state index in [0.717, 1.165) is 10.1 Å². The predicted molar refractivity (Wildman–Crippen MR) is 67.5 cm³/mol. The summed E-state index contributed by atoms with van der Waals surface area (Å²) < 4.78 is -0.0490. The smallest absolute Gasteiger partial charge is 0.232 e. The number of nitrogens with zero attached hydrogens (tertiary/aromatic N) is 2. The Hall–Kier alpha value is -0.0400. The lowest BCUT2D eigenvalue weighted by Gasteiger charge is -1.99. The largest absolute Gasteiger partial charge is 0.300 e. The van der Waals surface area contributed by atoms with Gasteiger partial charge in [0, 0.05) is 0 Å². The topological polar surface area (TPSA) is 54.9 Å². The first-order chi connectivity index (χ1) is 7.53. The maximum Gasteiger partial charge on any atom is 0.232 e. The molecule has 0 saturated heterocycles. The molecule has 4 nitrogen and oxygen atoms in total. The summed E-state index contributed by atoms with van der Waals surface area (Å²) in [5, 5.41) is 10.9. The summed E-state index contributed by atoms with van der Waals surface area (Å²) in [4.78, 5) is 11.6. The summed E-state index contributed by atoms with van der Waals surface area (Å²) in [6.45, 7) is 2.03. The zero-order valence-electron chi connectivity index (χ0n) is 8.37. The van der Waals surface area contributed by atoms with E-state index in [1.807, 2.05) is 6.92 Å². The molecule has 0 radical (unpaired) electrons. The van der Waals surface area contributed by atoms with E-state index in [2.05, 4.69) is 15.5 Å². The van der Waals surface area contributed by atoms with E-state index in [0.29, 0.717) is 11.6 Å². The molecule has 0 unspecified atom stereocenters. The van der Waals surface area contributed by atoms with Crippen molar-refractivity contribution in [2.75, 3.05) is 11.1 Å².